The van der Waals surface area contributed by atoms with E-state index in [1.165, 1.54) is 16.8 Å². The van der Waals surface area contributed by atoms with E-state index < -0.39 is 0 Å². The van der Waals surface area contributed by atoms with E-state index in [4.69, 9.17) is 0 Å². The summed E-state index contributed by atoms with van der Waals surface area (Å²) in [5, 5.41) is 7.17. The van der Waals surface area contributed by atoms with Gasteiger partial charge in [0.15, 0.2) is 0 Å². The lowest BCUT2D eigenvalue weighted by atomic mass is 10.2. The number of anilines is 1. The van der Waals surface area contributed by atoms with Gasteiger partial charge in [0, 0.05) is 13.1 Å². The van der Waals surface area contributed by atoms with E-state index in [9.17, 15) is 9.18 Å². The van der Waals surface area contributed by atoms with Gasteiger partial charge in [0.1, 0.15) is 10.3 Å². The highest BCUT2D eigenvalue weighted by molar-refractivity contribution is 9.10. The Morgan fingerprint density at radius 2 is 2.25 bits per heavy atom. The summed E-state index contributed by atoms with van der Waals surface area (Å²) < 4.78 is 14.9. The van der Waals surface area contributed by atoms with Crippen LogP contribution in [0.3, 0.4) is 0 Å². The van der Waals surface area contributed by atoms with Crippen molar-refractivity contribution in [2.75, 3.05) is 5.32 Å². The quantitative estimate of drug-likeness (QED) is 0.910. The lowest BCUT2D eigenvalue weighted by Gasteiger charge is -2.10. The van der Waals surface area contributed by atoms with E-state index in [1.807, 2.05) is 13.0 Å². The zero-order chi connectivity index (χ0) is 14.5. The molecule has 0 aliphatic carbocycles. The molecule has 0 unspecified atom stereocenters. The first-order chi connectivity index (χ1) is 9.61. The highest BCUT2D eigenvalue weighted by Crippen LogP contribution is 2.17. The molecule has 4 nitrogen and oxygen atoms in total. The predicted octanol–water partition coefficient (Wildman–Crippen LogP) is 3.17. The Balaban J connectivity index is 2.14. The van der Waals surface area contributed by atoms with Crippen molar-refractivity contribution < 1.29 is 4.39 Å². The highest BCUT2D eigenvalue weighted by Gasteiger charge is 2.08. The molecule has 0 radical (unpaired) electrons. The van der Waals surface area contributed by atoms with E-state index in [2.05, 4.69) is 26.3 Å². The smallest absolute Gasteiger partial charge is 0.283 e. The monoisotopic (exact) mass is 339 g/mol. The van der Waals surface area contributed by atoms with Gasteiger partial charge in [0.2, 0.25) is 0 Å². The van der Waals surface area contributed by atoms with Gasteiger partial charge < -0.3 is 5.32 Å². The Labute approximate surface area is 124 Å². The molecule has 106 valence electrons. The number of hydrogen-bond donors (Lipinski definition) is 1. The molecule has 20 heavy (non-hydrogen) atoms. The number of aromatic nitrogens is 2. The molecule has 0 saturated heterocycles. The maximum Gasteiger partial charge on any atom is 0.283 e. The lowest BCUT2D eigenvalue weighted by molar-refractivity contribution is 0.566. The van der Waals surface area contributed by atoms with Gasteiger partial charge in [-0.15, -0.1) is 0 Å². The van der Waals surface area contributed by atoms with Crippen LogP contribution in [-0.2, 0) is 13.1 Å². The van der Waals surface area contributed by atoms with E-state index in [0.717, 1.165) is 12.0 Å². The molecule has 0 amide bonds. The summed E-state index contributed by atoms with van der Waals surface area (Å²) in [6.45, 7) is 3.00. The average molecular weight is 340 g/mol. The lowest BCUT2D eigenvalue weighted by Crippen LogP contribution is -2.24. The number of nitrogens with zero attached hydrogens (tertiary/aromatic N) is 2. The molecular weight excluding hydrogens is 325 g/mol. The van der Waals surface area contributed by atoms with Gasteiger partial charge in [-0.3, -0.25) is 4.79 Å². The molecule has 1 aromatic carbocycles. The minimum Gasteiger partial charge on any atom is -0.379 e. The highest BCUT2D eigenvalue weighted by atomic mass is 79.9. The van der Waals surface area contributed by atoms with Crippen molar-refractivity contribution in [3.05, 3.63) is 56.7 Å². The molecule has 0 aliphatic rings. The van der Waals surface area contributed by atoms with Crippen molar-refractivity contribution >= 4 is 21.6 Å². The molecule has 1 N–H and O–H groups in total. The van der Waals surface area contributed by atoms with Crippen molar-refractivity contribution in [2.45, 2.75) is 26.4 Å². The molecule has 1 heterocycles. The predicted molar refractivity (Wildman–Crippen MR) is 80.2 cm³/mol. The van der Waals surface area contributed by atoms with Crippen molar-refractivity contribution in [1.29, 1.82) is 0 Å². The SMILES string of the molecule is CCCn1ncc(NCc2cccc(F)c2)c(Br)c1=O. The minimum absolute atomic E-state index is 0.170. The number of halogens is 2. The van der Waals surface area contributed by atoms with Crippen LogP contribution in [0.15, 0.2) is 39.7 Å². The van der Waals surface area contributed by atoms with Gasteiger partial charge in [-0.1, -0.05) is 19.1 Å². The van der Waals surface area contributed by atoms with Gasteiger partial charge in [-0.2, -0.15) is 5.10 Å². The zero-order valence-corrected chi connectivity index (χ0v) is 12.7. The fourth-order valence-electron chi connectivity index (χ4n) is 1.80. The third-order valence-corrected chi connectivity index (χ3v) is 3.56. The molecule has 0 fully saturated rings. The summed E-state index contributed by atoms with van der Waals surface area (Å²) in [6, 6.07) is 6.31. The fraction of sp³-hybridized carbons (Fsp3) is 0.286. The standard InChI is InChI=1S/C14H15BrFN3O/c1-2-6-19-14(20)13(15)12(9-18-19)17-8-10-4-3-5-11(16)7-10/h3-5,7,9,17H,2,6,8H2,1H3. The fourth-order valence-corrected chi connectivity index (χ4v) is 2.25. The van der Waals surface area contributed by atoms with Crippen molar-refractivity contribution in [2.24, 2.45) is 0 Å². The second-order valence-corrected chi connectivity index (χ2v) is 5.18. The average Bonchev–Trinajstić information content (AvgIpc) is 2.43. The van der Waals surface area contributed by atoms with Gasteiger partial charge in [0.05, 0.1) is 11.9 Å². The van der Waals surface area contributed by atoms with E-state index >= 15 is 0 Å². The molecule has 6 heteroatoms. The number of aryl methyl sites for hydroxylation is 1. The zero-order valence-electron chi connectivity index (χ0n) is 11.1. The van der Waals surface area contributed by atoms with Crippen LogP contribution in [0.4, 0.5) is 10.1 Å². The molecule has 0 bridgehead atoms. The van der Waals surface area contributed by atoms with Crippen LogP contribution in [-0.4, -0.2) is 9.78 Å². The Bertz CT molecular complexity index is 657. The van der Waals surface area contributed by atoms with E-state index in [-0.39, 0.29) is 11.4 Å². The van der Waals surface area contributed by atoms with Crippen LogP contribution in [0.25, 0.3) is 0 Å². The summed E-state index contributed by atoms with van der Waals surface area (Å²) in [7, 11) is 0. The molecule has 0 saturated carbocycles. The van der Waals surface area contributed by atoms with Crippen LogP contribution < -0.4 is 10.9 Å². The second-order valence-electron chi connectivity index (χ2n) is 4.38. The number of rotatable bonds is 5. The summed E-state index contributed by atoms with van der Waals surface area (Å²) in [6.07, 6.45) is 2.44. The van der Waals surface area contributed by atoms with Crippen LogP contribution in [0.1, 0.15) is 18.9 Å². The van der Waals surface area contributed by atoms with E-state index in [1.54, 1.807) is 12.3 Å². The Hall–Kier alpha value is -1.69. The maximum atomic E-state index is 13.1. The first-order valence-electron chi connectivity index (χ1n) is 6.35. The first kappa shape index (κ1) is 14.7. The summed E-state index contributed by atoms with van der Waals surface area (Å²) in [4.78, 5) is 12.0. The summed E-state index contributed by atoms with van der Waals surface area (Å²) in [5.74, 6) is -0.278. The van der Waals surface area contributed by atoms with Gasteiger partial charge in [0.25, 0.3) is 5.56 Å². The number of nitrogens with one attached hydrogen (secondary N) is 1. The van der Waals surface area contributed by atoms with Crippen LogP contribution in [0.2, 0.25) is 0 Å². The van der Waals surface area contributed by atoms with Crippen LogP contribution in [0, 0.1) is 5.82 Å². The molecular formula is C14H15BrFN3O. The molecule has 0 spiro atoms. The van der Waals surface area contributed by atoms with E-state index in [0.29, 0.717) is 23.2 Å². The molecule has 2 rings (SSSR count). The number of hydrogen-bond acceptors (Lipinski definition) is 3. The van der Waals surface area contributed by atoms with Crippen molar-refractivity contribution in [3.63, 3.8) is 0 Å². The molecule has 1 aromatic heterocycles. The molecule has 2 aromatic rings. The van der Waals surface area contributed by atoms with Gasteiger partial charge in [-0.25, -0.2) is 9.07 Å². The number of benzene rings is 1. The Morgan fingerprint density at radius 1 is 1.45 bits per heavy atom. The molecule has 0 atom stereocenters. The second kappa shape index (κ2) is 6.65. The normalized spacial score (nSPS) is 10.6. The Kier molecular flexibility index (Phi) is 4.89. The van der Waals surface area contributed by atoms with Crippen molar-refractivity contribution in [1.82, 2.24) is 9.78 Å². The summed E-state index contributed by atoms with van der Waals surface area (Å²) >= 11 is 3.28. The third kappa shape index (κ3) is 3.45. The van der Waals surface area contributed by atoms with Crippen LogP contribution in [0.5, 0.6) is 0 Å². The molecule has 0 aliphatic heterocycles. The minimum atomic E-state index is -0.278. The largest absolute Gasteiger partial charge is 0.379 e. The Morgan fingerprint density at radius 3 is 2.95 bits per heavy atom. The third-order valence-electron chi connectivity index (χ3n) is 2.79. The first-order valence-corrected chi connectivity index (χ1v) is 7.15. The topological polar surface area (TPSA) is 46.9 Å². The maximum absolute atomic E-state index is 13.1. The van der Waals surface area contributed by atoms with Gasteiger partial charge >= 0.3 is 0 Å². The van der Waals surface area contributed by atoms with Gasteiger partial charge in [-0.05, 0) is 40.0 Å². The van der Waals surface area contributed by atoms with Crippen LogP contribution >= 0.6 is 15.9 Å². The van der Waals surface area contributed by atoms with Crippen molar-refractivity contribution in [3.8, 4) is 0 Å². The summed E-state index contributed by atoms with van der Waals surface area (Å²) in [5.41, 5.74) is 1.23.